The van der Waals surface area contributed by atoms with Gasteiger partial charge < -0.3 is 0 Å². The maximum Gasteiger partial charge on any atom is 0.280 e. The molecule has 1 N–H and O–H groups in total. The van der Waals surface area contributed by atoms with Crippen LogP contribution in [0.4, 0.5) is 5.69 Å². The van der Waals surface area contributed by atoms with E-state index in [0.29, 0.717) is 11.3 Å². The van der Waals surface area contributed by atoms with Crippen molar-refractivity contribution in [3.05, 3.63) is 100.0 Å². The highest BCUT2D eigenvalue weighted by Gasteiger charge is 2.17. The lowest BCUT2D eigenvalue weighted by atomic mass is 10.1. The quantitative estimate of drug-likeness (QED) is 0.278. The predicted molar refractivity (Wildman–Crippen MR) is 142 cm³/mol. The SMILES string of the molecule is CCCc1[nH]n(-c2ccccc2)c(=O)c1C(C)=Nc1ccc(-c2nc3ccc(C)cc3s2)cc1. The van der Waals surface area contributed by atoms with Crippen LogP contribution in [0.5, 0.6) is 0 Å². The zero-order valence-corrected chi connectivity index (χ0v) is 20.3. The van der Waals surface area contributed by atoms with Crippen LogP contribution >= 0.6 is 11.3 Å². The summed E-state index contributed by atoms with van der Waals surface area (Å²) < 4.78 is 2.80. The number of benzene rings is 3. The molecular weight excluding hydrogens is 440 g/mol. The van der Waals surface area contributed by atoms with E-state index in [0.717, 1.165) is 46.0 Å². The number of aliphatic imine (C=N–C) groups is 1. The number of H-pyrrole nitrogens is 1. The normalized spacial score (nSPS) is 11.9. The van der Waals surface area contributed by atoms with E-state index in [1.54, 1.807) is 16.0 Å². The topological polar surface area (TPSA) is 63.0 Å². The first-order valence-corrected chi connectivity index (χ1v) is 12.3. The zero-order chi connectivity index (χ0) is 23.7. The first-order valence-electron chi connectivity index (χ1n) is 11.5. The van der Waals surface area contributed by atoms with Crippen LogP contribution in [0.1, 0.15) is 37.1 Å². The Kier molecular flexibility index (Phi) is 5.99. The van der Waals surface area contributed by atoms with Gasteiger partial charge in [0.05, 0.1) is 32.9 Å². The summed E-state index contributed by atoms with van der Waals surface area (Å²) in [4.78, 5) is 22.9. The van der Waals surface area contributed by atoms with Crippen molar-refractivity contribution < 1.29 is 0 Å². The molecule has 2 heterocycles. The molecule has 0 unspecified atom stereocenters. The number of nitrogens with zero attached hydrogens (tertiary/aromatic N) is 3. The molecule has 170 valence electrons. The molecule has 5 nitrogen and oxygen atoms in total. The Morgan fingerprint density at radius 2 is 1.82 bits per heavy atom. The Morgan fingerprint density at radius 1 is 1.06 bits per heavy atom. The molecule has 6 heteroatoms. The van der Waals surface area contributed by atoms with Gasteiger partial charge in [0.2, 0.25) is 0 Å². The van der Waals surface area contributed by atoms with Gasteiger partial charge in [-0.15, -0.1) is 11.3 Å². The van der Waals surface area contributed by atoms with Crippen LogP contribution in [0.3, 0.4) is 0 Å². The average Bonchev–Trinajstić information content (AvgIpc) is 3.41. The van der Waals surface area contributed by atoms with Crippen molar-refractivity contribution in [1.82, 2.24) is 14.8 Å². The fourth-order valence-electron chi connectivity index (χ4n) is 4.13. The van der Waals surface area contributed by atoms with Crippen LogP contribution < -0.4 is 5.56 Å². The number of hydrogen-bond acceptors (Lipinski definition) is 4. The van der Waals surface area contributed by atoms with Crippen molar-refractivity contribution >= 4 is 33.0 Å². The van der Waals surface area contributed by atoms with Crippen molar-refractivity contribution in [2.24, 2.45) is 4.99 Å². The number of fused-ring (bicyclic) bond motifs is 1. The highest BCUT2D eigenvalue weighted by molar-refractivity contribution is 7.21. The van der Waals surface area contributed by atoms with Gasteiger partial charge in [0, 0.05) is 11.3 Å². The first kappa shape index (κ1) is 22.0. The Morgan fingerprint density at radius 3 is 2.56 bits per heavy atom. The molecule has 0 bridgehead atoms. The lowest BCUT2D eigenvalue weighted by Gasteiger charge is -2.02. The van der Waals surface area contributed by atoms with Gasteiger partial charge in [-0.05, 0) is 74.4 Å². The number of aromatic nitrogens is 3. The molecule has 0 aliphatic heterocycles. The molecule has 0 aliphatic carbocycles. The van der Waals surface area contributed by atoms with Gasteiger partial charge >= 0.3 is 0 Å². The molecule has 0 fully saturated rings. The summed E-state index contributed by atoms with van der Waals surface area (Å²) in [6.45, 7) is 6.11. The highest BCUT2D eigenvalue weighted by Crippen LogP contribution is 2.31. The smallest absolute Gasteiger partial charge is 0.280 e. The second-order valence-electron chi connectivity index (χ2n) is 8.43. The van der Waals surface area contributed by atoms with E-state index in [1.165, 1.54) is 10.3 Å². The molecule has 0 amide bonds. The molecule has 0 saturated heterocycles. The van der Waals surface area contributed by atoms with Gasteiger partial charge in [-0.1, -0.05) is 37.6 Å². The van der Waals surface area contributed by atoms with Crippen molar-refractivity contribution in [1.29, 1.82) is 0 Å². The second kappa shape index (κ2) is 9.23. The van der Waals surface area contributed by atoms with Gasteiger partial charge in [0.25, 0.3) is 5.56 Å². The van der Waals surface area contributed by atoms with Crippen molar-refractivity contribution in [3.8, 4) is 16.3 Å². The monoisotopic (exact) mass is 466 g/mol. The van der Waals surface area contributed by atoms with E-state index in [-0.39, 0.29) is 5.56 Å². The molecule has 2 aromatic heterocycles. The van der Waals surface area contributed by atoms with Gasteiger partial charge in [-0.25, -0.2) is 9.67 Å². The third kappa shape index (κ3) is 4.24. The van der Waals surface area contributed by atoms with E-state index in [1.807, 2.05) is 61.5 Å². The van der Waals surface area contributed by atoms with E-state index in [9.17, 15) is 4.79 Å². The Balaban J connectivity index is 1.48. The third-order valence-electron chi connectivity index (χ3n) is 5.80. The van der Waals surface area contributed by atoms with E-state index < -0.39 is 0 Å². The van der Waals surface area contributed by atoms with Gasteiger partial charge in [0.1, 0.15) is 5.01 Å². The molecule has 0 atom stereocenters. The summed E-state index contributed by atoms with van der Waals surface area (Å²) in [5.74, 6) is 0. The summed E-state index contributed by atoms with van der Waals surface area (Å²) in [5.41, 5.74) is 7.16. The summed E-state index contributed by atoms with van der Waals surface area (Å²) in [5, 5.41) is 4.29. The number of nitrogens with one attached hydrogen (secondary N) is 1. The molecule has 3 aromatic carbocycles. The predicted octanol–water partition coefficient (Wildman–Crippen LogP) is 6.84. The van der Waals surface area contributed by atoms with Crippen LogP contribution in [0.2, 0.25) is 0 Å². The van der Waals surface area contributed by atoms with E-state index in [2.05, 4.69) is 37.1 Å². The number of para-hydroxylation sites is 1. The Hall–Kier alpha value is -3.77. The lowest BCUT2D eigenvalue weighted by molar-refractivity contribution is 0.793. The van der Waals surface area contributed by atoms with Crippen LogP contribution in [0.25, 0.3) is 26.5 Å². The van der Waals surface area contributed by atoms with Gasteiger partial charge in [0.15, 0.2) is 0 Å². The maximum absolute atomic E-state index is 13.3. The molecule has 0 aliphatic rings. The fourth-order valence-corrected chi connectivity index (χ4v) is 5.20. The lowest BCUT2D eigenvalue weighted by Crippen LogP contribution is -2.19. The second-order valence-corrected chi connectivity index (χ2v) is 9.46. The number of aryl methyl sites for hydroxylation is 2. The molecule has 0 radical (unpaired) electrons. The third-order valence-corrected chi connectivity index (χ3v) is 6.86. The summed E-state index contributed by atoms with van der Waals surface area (Å²) in [6.07, 6.45) is 1.72. The minimum Gasteiger partial charge on any atom is -0.294 e. The Bertz CT molecular complexity index is 1540. The summed E-state index contributed by atoms with van der Waals surface area (Å²) in [7, 11) is 0. The molecule has 5 aromatic rings. The number of aromatic amines is 1. The highest BCUT2D eigenvalue weighted by atomic mass is 32.1. The largest absolute Gasteiger partial charge is 0.294 e. The van der Waals surface area contributed by atoms with Crippen molar-refractivity contribution in [2.45, 2.75) is 33.6 Å². The van der Waals surface area contributed by atoms with Gasteiger partial charge in [-0.2, -0.15) is 0 Å². The molecular formula is C28H26N4OS. The summed E-state index contributed by atoms with van der Waals surface area (Å²) >= 11 is 1.70. The Labute approximate surface area is 202 Å². The maximum atomic E-state index is 13.3. The number of rotatable bonds is 6. The van der Waals surface area contributed by atoms with Crippen molar-refractivity contribution in [2.75, 3.05) is 0 Å². The van der Waals surface area contributed by atoms with E-state index >= 15 is 0 Å². The minimum atomic E-state index is -0.0720. The molecule has 0 saturated carbocycles. The number of hydrogen-bond donors (Lipinski definition) is 1. The van der Waals surface area contributed by atoms with Crippen LogP contribution in [0.15, 0.2) is 82.6 Å². The molecule has 5 rings (SSSR count). The van der Waals surface area contributed by atoms with Gasteiger partial charge in [-0.3, -0.25) is 14.9 Å². The standard InChI is InChI=1S/C28H26N4OS/c1-4-8-24-26(28(33)32(31-24)22-9-6-5-7-10-22)19(3)29-21-14-12-20(13-15-21)27-30-23-16-11-18(2)17-25(23)34-27/h5-7,9-17,31H,4,8H2,1-3H3. The average molecular weight is 467 g/mol. The van der Waals surface area contributed by atoms with E-state index in [4.69, 9.17) is 9.98 Å². The molecule has 34 heavy (non-hydrogen) atoms. The van der Waals surface area contributed by atoms with Crippen LogP contribution in [0, 0.1) is 6.92 Å². The minimum absolute atomic E-state index is 0.0720. The van der Waals surface area contributed by atoms with Crippen LogP contribution in [-0.4, -0.2) is 20.5 Å². The first-order chi connectivity index (χ1) is 16.5. The van der Waals surface area contributed by atoms with Crippen LogP contribution in [-0.2, 0) is 6.42 Å². The zero-order valence-electron chi connectivity index (χ0n) is 19.5. The molecule has 0 spiro atoms. The summed E-state index contributed by atoms with van der Waals surface area (Å²) in [6, 6.07) is 24.0. The fraction of sp³-hybridized carbons (Fsp3) is 0.179. The van der Waals surface area contributed by atoms with Crippen molar-refractivity contribution in [3.63, 3.8) is 0 Å². The number of thiazole rings is 1.